The Morgan fingerprint density at radius 2 is 1.89 bits per heavy atom. The van der Waals surface area contributed by atoms with Gasteiger partial charge >= 0.3 is 5.97 Å². The van der Waals surface area contributed by atoms with E-state index in [0.717, 1.165) is 11.4 Å². The normalized spacial score (nSPS) is 10.0. The van der Waals surface area contributed by atoms with Crippen molar-refractivity contribution in [1.29, 1.82) is 0 Å². The van der Waals surface area contributed by atoms with Crippen LogP contribution in [0.5, 0.6) is 0 Å². The molecule has 0 saturated carbocycles. The summed E-state index contributed by atoms with van der Waals surface area (Å²) in [6, 6.07) is 12.8. The predicted molar refractivity (Wildman–Crippen MR) is 74.1 cm³/mol. The summed E-state index contributed by atoms with van der Waals surface area (Å²) >= 11 is 0. The molecule has 0 fully saturated rings. The van der Waals surface area contributed by atoms with Crippen LogP contribution < -0.4 is 4.90 Å². The monoisotopic (exact) mass is 256 g/mol. The number of carbonyl (C=O) groups is 1. The van der Waals surface area contributed by atoms with Gasteiger partial charge in [-0.1, -0.05) is 6.07 Å². The van der Waals surface area contributed by atoms with Crippen LogP contribution >= 0.6 is 0 Å². The van der Waals surface area contributed by atoms with E-state index < -0.39 is 0 Å². The zero-order valence-electron chi connectivity index (χ0n) is 11.0. The quantitative estimate of drug-likeness (QED) is 0.788. The van der Waals surface area contributed by atoms with Gasteiger partial charge in [0.05, 0.1) is 11.3 Å². The highest BCUT2D eigenvalue weighted by atomic mass is 16.5. The predicted octanol–water partition coefficient (Wildman–Crippen LogP) is 2.50. The van der Waals surface area contributed by atoms with Gasteiger partial charge in [-0.2, -0.15) is 0 Å². The number of benzene rings is 1. The lowest BCUT2D eigenvalue weighted by molar-refractivity contribution is 0.0468. The van der Waals surface area contributed by atoms with Gasteiger partial charge in [0.25, 0.3) is 0 Å². The molecule has 2 aromatic rings. The van der Waals surface area contributed by atoms with Crippen molar-refractivity contribution >= 4 is 11.7 Å². The number of esters is 1. The second kappa shape index (κ2) is 6.00. The molecule has 1 heterocycles. The van der Waals surface area contributed by atoms with Gasteiger partial charge in [-0.3, -0.25) is 4.98 Å². The van der Waals surface area contributed by atoms with Crippen molar-refractivity contribution in [3.63, 3.8) is 0 Å². The average Bonchev–Trinajstić information content (AvgIpc) is 2.46. The number of pyridine rings is 1. The maximum atomic E-state index is 11.8. The topological polar surface area (TPSA) is 42.4 Å². The number of hydrogen-bond donors (Lipinski definition) is 0. The molecule has 1 aromatic heterocycles. The molecule has 1 aromatic carbocycles. The van der Waals surface area contributed by atoms with Crippen LogP contribution in [0.4, 0.5) is 5.69 Å². The first-order valence-corrected chi connectivity index (χ1v) is 6.01. The van der Waals surface area contributed by atoms with E-state index in [1.165, 1.54) is 0 Å². The van der Waals surface area contributed by atoms with Crippen molar-refractivity contribution in [2.24, 2.45) is 0 Å². The standard InChI is InChI=1S/C15H16N2O2/c1-17(2)14-8-6-12(7-9-14)15(18)19-11-13-5-3-4-10-16-13/h3-10H,11H2,1-2H3. The lowest BCUT2D eigenvalue weighted by Gasteiger charge is -2.12. The molecule has 0 aliphatic carbocycles. The number of rotatable bonds is 4. The number of aromatic nitrogens is 1. The van der Waals surface area contributed by atoms with E-state index >= 15 is 0 Å². The number of hydrogen-bond acceptors (Lipinski definition) is 4. The summed E-state index contributed by atoms with van der Waals surface area (Å²) in [5, 5.41) is 0. The van der Waals surface area contributed by atoms with E-state index in [0.29, 0.717) is 5.56 Å². The van der Waals surface area contributed by atoms with Crippen LogP contribution in [-0.2, 0) is 11.3 Å². The van der Waals surface area contributed by atoms with Gasteiger partial charge in [-0.25, -0.2) is 4.79 Å². The van der Waals surface area contributed by atoms with E-state index in [4.69, 9.17) is 4.74 Å². The third-order valence-corrected chi connectivity index (χ3v) is 2.70. The molecule has 0 N–H and O–H groups in total. The van der Waals surface area contributed by atoms with Crippen LogP contribution in [0.1, 0.15) is 16.1 Å². The second-order valence-electron chi connectivity index (χ2n) is 4.34. The van der Waals surface area contributed by atoms with Crippen molar-refractivity contribution in [2.45, 2.75) is 6.61 Å². The zero-order chi connectivity index (χ0) is 13.7. The fourth-order valence-electron chi connectivity index (χ4n) is 1.60. The molecular weight excluding hydrogens is 240 g/mol. The Balaban J connectivity index is 1.96. The van der Waals surface area contributed by atoms with Gasteiger partial charge in [0.2, 0.25) is 0 Å². The molecule has 0 unspecified atom stereocenters. The number of anilines is 1. The van der Waals surface area contributed by atoms with E-state index in [1.54, 1.807) is 18.3 Å². The molecule has 0 bridgehead atoms. The SMILES string of the molecule is CN(C)c1ccc(C(=O)OCc2ccccn2)cc1. The molecule has 2 rings (SSSR count). The lowest BCUT2D eigenvalue weighted by Crippen LogP contribution is -2.10. The van der Waals surface area contributed by atoms with E-state index in [9.17, 15) is 4.79 Å². The van der Waals surface area contributed by atoms with Gasteiger partial charge in [-0.15, -0.1) is 0 Å². The Hall–Kier alpha value is -2.36. The summed E-state index contributed by atoms with van der Waals surface area (Å²) in [6.07, 6.45) is 1.68. The van der Waals surface area contributed by atoms with Crippen LogP contribution in [0, 0.1) is 0 Å². The summed E-state index contributed by atoms with van der Waals surface area (Å²) in [5.74, 6) is -0.337. The molecule has 0 saturated heterocycles. The molecule has 4 nitrogen and oxygen atoms in total. The van der Waals surface area contributed by atoms with Crippen LogP contribution in [0.15, 0.2) is 48.7 Å². The highest BCUT2D eigenvalue weighted by molar-refractivity contribution is 5.89. The first-order valence-electron chi connectivity index (χ1n) is 6.01. The Morgan fingerprint density at radius 1 is 1.16 bits per heavy atom. The fraction of sp³-hybridized carbons (Fsp3) is 0.200. The Kier molecular flexibility index (Phi) is 4.13. The van der Waals surface area contributed by atoms with E-state index in [2.05, 4.69) is 4.98 Å². The highest BCUT2D eigenvalue weighted by Gasteiger charge is 2.07. The summed E-state index contributed by atoms with van der Waals surface area (Å²) in [7, 11) is 3.91. The molecule has 0 radical (unpaired) electrons. The van der Waals surface area contributed by atoms with Crippen molar-refractivity contribution < 1.29 is 9.53 Å². The smallest absolute Gasteiger partial charge is 0.338 e. The number of nitrogens with zero attached hydrogens (tertiary/aromatic N) is 2. The van der Waals surface area contributed by atoms with Gasteiger partial charge in [0, 0.05) is 26.0 Å². The van der Waals surface area contributed by atoms with Crippen LogP contribution in [0.25, 0.3) is 0 Å². The first kappa shape index (κ1) is 13.1. The Labute approximate surface area is 112 Å². The molecule has 0 spiro atoms. The van der Waals surface area contributed by atoms with Gasteiger partial charge in [0.1, 0.15) is 6.61 Å². The fourth-order valence-corrected chi connectivity index (χ4v) is 1.60. The summed E-state index contributed by atoms with van der Waals surface area (Å²) in [6.45, 7) is 0.190. The molecule has 0 aliphatic heterocycles. The molecule has 98 valence electrons. The molecule has 0 amide bonds. The molecule has 0 atom stereocenters. The third kappa shape index (κ3) is 3.55. The number of carbonyl (C=O) groups excluding carboxylic acids is 1. The maximum Gasteiger partial charge on any atom is 0.338 e. The summed E-state index contributed by atoms with van der Waals surface area (Å²) in [4.78, 5) is 17.9. The van der Waals surface area contributed by atoms with Crippen LogP contribution in [-0.4, -0.2) is 25.0 Å². The largest absolute Gasteiger partial charge is 0.456 e. The lowest BCUT2D eigenvalue weighted by atomic mass is 10.2. The Bertz CT molecular complexity index is 536. The van der Waals surface area contributed by atoms with E-state index in [-0.39, 0.29) is 12.6 Å². The summed E-state index contributed by atoms with van der Waals surface area (Å²) in [5.41, 5.74) is 2.32. The summed E-state index contributed by atoms with van der Waals surface area (Å²) < 4.78 is 5.20. The first-order chi connectivity index (χ1) is 9.16. The Morgan fingerprint density at radius 3 is 2.47 bits per heavy atom. The van der Waals surface area contributed by atoms with Gasteiger partial charge in [0.15, 0.2) is 0 Å². The molecule has 4 heteroatoms. The average molecular weight is 256 g/mol. The maximum absolute atomic E-state index is 11.8. The van der Waals surface area contributed by atoms with Crippen molar-refractivity contribution in [3.05, 3.63) is 59.9 Å². The highest BCUT2D eigenvalue weighted by Crippen LogP contribution is 2.13. The number of ether oxygens (including phenoxy) is 1. The van der Waals surface area contributed by atoms with Gasteiger partial charge in [-0.05, 0) is 36.4 Å². The van der Waals surface area contributed by atoms with Crippen molar-refractivity contribution in [3.8, 4) is 0 Å². The van der Waals surface area contributed by atoms with Crippen LogP contribution in [0.2, 0.25) is 0 Å². The molecular formula is C15H16N2O2. The molecule has 19 heavy (non-hydrogen) atoms. The van der Waals surface area contributed by atoms with Gasteiger partial charge < -0.3 is 9.64 Å². The zero-order valence-corrected chi connectivity index (χ0v) is 11.0. The minimum atomic E-state index is -0.337. The minimum absolute atomic E-state index is 0.190. The molecule has 0 aliphatic rings. The van der Waals surface area contributed by atoms with Crippen molar-refractivity contribution in [2.75, 3.05) is 19.0 Å². The third-order valence-electron chi connectivity index (χ3n) is 2.70. The van der Waals surface area contributed by atoms with Crippen LogP contribution in [0.3, 0.4) is 0 Å². The minimum Gasteiger partial charge on any atom is -0.456 e. The second-order valence-corrected chi connectivity index (χ2v) is 4.34. The van der Waals surface area contributed by atoms with Crippen molar-refractivity contribution in [1.82, 2.24) is 4.98 Å². The van der Waals surface area contributed by atoms with E-state index in [1.807, 2.05) is 49.3 Å².